The molecule has 0 aromatic heterocycles. The van der Waals surface area contributed by atoms with Crippen LogP contribution in [0.25, 0.3) is 0 Å². The first-order chi connectivity index (χ1) is 11.8. The summed E-state index contributed by atoms with van der Waals surface area (Å²) in [7, 11) is 0. The van der Waals surface area contributed by atoms with Crippen molar-refractivity contribution in [2.24, 2.45) is 0 Å². The molecule has 0 heterocycles. The molecule has 0 saturated carbocycles. The van der Waals surface area contributed by atoms with Crippen LogP contribution < -0.4 is 10.1 Å². The van der Waals surface area contributed by atoms with Crippen molar-refractivity contribution < 1.29 is 22.7 Å². The molecule has 25 heavy (non-hydrogen) atoms. The molecule has 2 aromatic carbocycles. The molecule has 0 aliphatic carbocycles. The fraction of sp³-hybridized carbons (Fsp3) is 0.316. The lowest BCUT2D eigenvalue weighted by atomic mass is 10.1. The van der Waals surface area contributed by atoms with Crippen LogP contribution in [0.4, 0.5) is 13.2 Å². The zero-order valence-corrected chi connectivity index (χ0v) is 14.1. The molecular weight excluding hydrogens is 331 g/mol. The van der Waals surface area contributed by atoms with Crippen LogP contribution in [-0.4, -0.2) is 12.0 Å². The minimum atomic E-state index is -4.40. The van der Waals surface area contributed by atoms with Crippen LogP contribution in [-0.2, 0) is 17.5 Å². The molecule has 0 bridgehead atoms. The van der Waals surface area contributed by atoms with Crippen LogP contribution in [0.5, 0.6) is 5.75 Å². The molecule has 0 saturated heterocycles. The van der Waals surface area contributed by atoms with Gasteiger partial charge in [-0.2, -0.15) is 13.2 Å². The number of carbonyl (C=O) groups excluding carboxylic acids is 1. The molecule has 134 valence electrons. The number of amides is 1. The summed E-state index contributed by atoms with van der Waals surface area (Å²) < 4.78 is 43.8. The van der Waals surface area contributed by atoms with E-state index in [1.165, 1.54) is 12.1 Å². The van der Waals surface area contributed by atoms with E-state index >= 15 is 0 Å². The van der Waals surface area contributed by atoms with Crippen LogP contribution in [0.15, 0.2) is 48.5 Å². The summed E-state index contributed by atoms with van der Waals surface area (Å²) in [4.78, 5) is 12.2. The van der Waals surface area contributed by atoms with Gasteiger partial charge in [0.15, 0.2) is 6.10 Å². The standard InChI is InChI=1S/C19H20F3NO2/c1-3-17(25-16-9-7-13(2)8-10-16)18(24)23-12-14-5-4-6-15(11-14)19(20,21)22/h4-11,17H,3,12H2,1-2H3,(H,23,24)/t17-/m0/s1. The van der Waals surface area contributed by atoms with Crippen LogP contribution in [0.1, 0.15) is 30.0 Å². The molecule has 2 aromatic rings. The topological polar surface area (TPSA) is 38.3 Å². The molecule has 1 N–H and O–H groups in total. The molecule has 0 unspecified atom stereocenters. The number of ether oxygens (including phenoxy) is 1. The van der Waals surface area contributed by atoms with Gasteiger partial charge in [0.25, 0.3) is 5.91 Å². The van der Waals surface area contributed by atoms with Gasteiger partial charge >= 0.3 is 6.18 Å². The number of hydrogen-bond donors (Lipinski definition) is 1. The summed E-state index contributed by atoms with van der Waals surface area (Å²) in [5, 5.41) is 2.63. The highest BCUT2D eigenvalue weighted by Crippen LogP contribution is 2.29. The van der Waals surface area contributed by atoms with Crippen molar-refractivity contribution >= 4 is 5.91 Å². The Morgan fingerprint density at radius 2 is 1.84 bits per heavy atom. The van der Waals surface area contributed by atoms with Crippen LogP contribution in [0.2, 0.25) is 0 Å². The van der Waals surface area contributed by atoms with Gasteiger partial charge < -0.3 is 10.1 Å². The Morgan fingerprint density at radius 1 is 1.16 bits per heavy atom. The predicted molar refractivity (Wildman–Crippen MR) is 89.2 cm³/mol. The summed E-state index contributed by atoms with van der Waals surface area (Å²) in [6.45, 7) is 3.77. The van der Waals surface area contributed by atoms with Gasteiger partial charge in [-0.25, -0.2) is 0 Å². The minimum Gasteiger partial charge on any atom is -0.481 e. The Morgan fingerprint density at radius 3 is 2.44 bits per heavy atom. The van der Waals surface area contributed by atoms with Gasteiger partial charge in [-0.1, -0.05) is 36.8 Å². The SMILES string of the molecule is CC[C@H](Oc1ccc(C)cc1)C(=O)NCc1cccc(C(F)(F)F)c1. The van der Waals surface area contributed by atoms with E-state index in [1.807, 2.05) is 26.0 Å². The zero-order valence-electron chi connectivity index (χ0n) is 14.1. The van der Waals surface area contributed by atoms with Crippen molar-refractivity contribution in [2.45, 2.75) is 39.1 Å². The second kappa shape index (κ2) is 8.05. The van der Waals surface area contributed by atoms with Crippen molar-refractivity contribution in [3.8, 4) is 5.75 Å². The molecule has 6 heteroatoms. The van der Waals surface area contributed by atoms with E-state index in [-0.39, 0.29) is 12.5 Å². The van der Waals surface area contributed by atoms with Gasteiger partial charge in [0.1, 0.15) is 5.75 Å². The number of benzene rings is 2. The summed E-state index contributed by atoms with van der Waals surface area (Å²) in [5.74, 6) is 0.215. The predicted octanol–water partition coefficient (Wildman–Crippen LogP) is 4.49. The molecule has 0 fully saturated rings. The highest BCUT2D eigenvalue weighted by molar-refractivity contribution is 5.81. The van der Waals surface area contributed by atoms with Gasteiger partial charge in [-0.3, -0.25) is 4.79 Å². The Bertz CT molecular complexity index is 711. The van der Waals surface area contributed by atoms with E-state index in [0.717, 1.165) is 17.7 Å². The van der Waals surface area contributed by atoms with E-state index in [2.05, 4.69) is 5.32 Å². The molecule has 3 nitrogen and oxygen atoms in total. The third kappa shape index (κ3) is 5.52. The van der Waals surface area contributed by atoms with E-state index in [4.69, 9.17) is 4.74 Å². The van der Waals surface area contributed by atoms with E-state index in [0.29, 0.717) is 17.7 Å². The van der Waals surface area contributed by atoms with Crippen molar-refractivity contribution in [3.63, 3.8) is 0 Å². The first-order valence-electron chi connectivity index (χ1n) is 7.96. The lowest BCUT2D eigenvalue weighted by molar-refractivity contribution is -0.137. The number of aryl methyl sites for hydroxylation is 1. The van der Waals surface area contributed by atoms with Gasteiger partial charge in [-0.15, -0.1) is 0 Å². The third-order valence-electron chi connectivity index (χ3n) is 3.68. The lowest BCUT2D eigenvalue weighted by Gasteiger charge is -2.17. The number of rotatable bonds is 6. The van der Waals surface area contributed by atoms with Crippen LogP contribution in [0, 0.1) is 6.92 Å². The number of nitrogens with one attached hydrogen (secondary N) is 1. The third-order valence-corrected chi connectivity index (χ3v) is 3.68. The van der Waals surface area contributed by atoms with Crippen LogP contribution >= 0.6 is 0 Å². The second-order valence-corrected chi connectivity index (χ2v) is 5.74. The van der Waals surface area contributed by atoms with Gasteiger partial charge in [0.2, 0.25) is 0 Å². The van der Waals surface area contributed by atoms with Crippen LogP contribution in [0.3, 0.4) is 0 Å². The Hall–Kier alpha value is -2.50. The molecule has 0 aliphatic heterocycles. The van der Waals surface area contributed by atoms with E-state index < -0.39 is 17.8 Å². The lowest BCUT2D eigenvalue weighted by Crippen LogP contribution is -2.37. The average Bonchev–Trinajstić information content (AvgIpc) is 2.58. The zero-order chi connectivity index (χ0) is 18.4. The fourth-order valence-corrected chi connectivity index (χ4v) is 2.26. The number of halogens is 3. The van der Waals surface area contributed by atoms with Crippen molar-refractivity contribution in [2.75, 3.05) is 0 Å². The molecule has 0 spiro atoms. The van der Waals surface area contributed by atoms with Gasteiger partial charge in [0.05, 0.1) is 5.56 Å². The summed E-state index contributed by atoms with van der Waals surface area (Å²) in [5.41, 5.74) is 0.727. The quantitative estimate of drug-likeness (QED) is 0.833. The van der Waals surface area contributed by atoms with E-state index in [1.54, 1.807) is 12.1 Å². The Labute approximate surface area is 144 Å². The Balaban J connectivity index is 1.97. The molecule has 1 amide bonds. The van der Waals surface area contributed by atoms with Crippen molar-refractivity contribution in [1.82, 2.24) is 5.32 Å². The first kappa shape index (κ1) is 18.8. The van der Waals surface area contributed by atoms with Gasteiger partial charge in [-0.05, 0) is 43.2 Å². The summed E-state index contributed by atoms with van der Waals surface area (Å²) >= 11 is 0. The maximum atomic E-state index is 12.7. The largest absolute Gasteiger partial charge is 0.481 e. The fourth-order valence-electron chi connectivity index (χ4n) is 2.26. The molecular formula is C19H20F3NO2. The van der Waals surface area contributed by atoms with Gasteiger partial charge in [0, 0.05) is 6.54 Å². The maximum absolute atomic E-state index is 12.7. The van der Waals surface area contributed by atoms with E-state index in [9.17, 15) is 18.0 Å². The normalized spacial score (nSPS) is 12.5. The Kier molecular flexibility index (Phi) is 6.07. The smallest absolute Gasteiger partial charge is 0.416 e. The summed E-state index contributed by atoms with van der Waals surface area (Å²) in [6, 6.07) is 12.2. The summed E-state index contributed by atoms with van der Waals surface area (Å²) in [6.07, 6.45) is -4.66. The van der Waals surface area contributed by atoms with Crippen molar-refractivity contribution in [1.29, 1.82) is 0 Å². The second-order valence-electron chi connectivity index (χ2n) is 5.74. The monoisotopic (exact) mass is 351 g/mol. The maximum Gasteiger partial charge on any atom is 0.416 e. The average molecular weight is 351 g/mol. The molecule has 0 radical (unpaired) electrons. The molecule has 0 aliphatic rings. The highest BCUT2D eigenvalue weighted by atomic mass is 19.4. The number of alkyl halides is 3. The van der Waals surface area contributed by atoms with Crippen molar-refractivity contribution in [3.05, 3.63) is 65.2 Å². The number of carbonyl (C=O) groups is 1. The highest BCUT2D eigenvalue weighted by Gasteiger charge is 2.30. The minimum absolute atomic E-state index is 0.0104. The molecule has 2 rings (SSSR count). The number of hydrogen-bond acceptors (Lipinski definition) is 2. The molecule has 1 atom stereocenters. The first-order valence-corrected chi connectivity index (χ1v) is 7.96.